The number of thiazole rings is 1. The van der Waals surface area contributed by atoms with Crippen LogP contribution in [0.2, 0.25) is 0 Å². The molecule has 4 heteroatoms. The van der Waals surface area contributed by atoms with Gasteiger partial charge in [-0.1, -0.05) is 11.6 Å². The Bertz CT molecular complexity index is 546. The topological polar surface area (TPSA) is 25.4 Å². The lowest BCUT2D eigenvalue weighted by Crippen LogP contribution is -2.46. The fraction of sp³-hybridized carbons (Fsp3) is 0.722. The number of hydrogen-bond donors (Lipinski definition) is 0. The summed E-state index contributed by atoms with van der Waals surface area (Å²) in [4.78, 5) is 9.02. The lowest BCUT2D eigenvalue weighted by Gasteiger charge is -2.42. The average Bonchev–Trinajstić information content (AvgIpc) is 2.92. The van der Waals surface area contributed by atoms with Crippen LogP contribution in [0.25, 0.3) is 0 Å². The van der Waals surface area contributed by atoms with Gasteiger partial charge in [0.15, 0.2) is 0 Å². The van der Waals surface area contributed by atoms with E-state index >= 15 is 0 Å². The Labute approximate surface area is 137 Å². The third-order valence-corrected chi connectivity index (χ3v) is 6.49. The largest absolute Gasteiger partial charge is 0.370 e. The molecule has 0 unspecified atom stereocenters. The third-order valence-electron chi connectivity index (χ3n) is 5.35. The number of nitrogens with zero attached hydrogens (tertiary/aromatic N) is 2. The first-order valence-corrected chi connectivity index (χ1v) is 9.56. The molecule has 0 N–H and O–H groups in total. The maximum atomic E-state index is 6.13. The second-order valence-electron chi connectivity index (χ2n) is 7.11. The number of aromatic nitrogens is 1. The van der Waals surface area contributed by atoms with E-state index in [4.69, 9.17) is 9.72 Å². The Hall–Kier alpha value is -0.710. The van der Waals surface area contributed by atoms with Crippen LogP contribution >= 0.6 is 11.3 Å². The van der Waals surface area contributed by atoms with Gasteiger partial charge in [0.1, 0.15) is 5.01 Å². The molecule has 0 atom stereocenters. The zero-order valence-corrected chi connectivity index (χ0v) is 14.4. The fourth-order valence-corrected chi connectivity index (χ4v) is 5.22. The smallest absolute Gasteiger partial charge is 0.107 e. The molecule has 1 spiro atoms. The Balaban J connectivity index is 1.38. The number of rotatable bonds is 2. The summed E-state index contributed by atoms with van der Waals surface area (Å²) in [6.07, 6.45) is 10.9. The SMILES string of the molecule is CC1=CC2(CCN(Cc3nc4c(s3)CCCC4)CC2)OCC1. The monoisotopic (exact) mass is 318 g/mol. The Kier molecular flexibility index (Phi) is 4.09. The first-order valence-electron chi connectivity index (χ1n) is 8.75. The zero-order valence-electron chi connectivity index (χ0n) is 13.6. The molecule has 3 heterocycles. The van der Waals surface area contributed by atoms with Crippen LogP contribution in [0.15, 0.2) is 11.6 Å². The van der Waals surface area contributed by atoms with Crippen molar-refractivity contribution in [1.82, 2.24) is 9.88 Å². The van der Waals surface area contributed by atoms with Crippen molar-refractivity contribution >= 4 is 11.3 Å². The minimum Gasteiger partial charge on any atom is -0.370 e. The van der Waals surface area contributed by atoms with Crippen molar-refractivity contribution in [3.05, 3.63) is 27.2 Å². The van der Waals surface area contributed by atoms with E-state index in [-0.39, 0.29) is 5.60 Å². The summed E-state index contributed by atoms with van der Waals surface area (Å²) in [6.45, 7) is 6.46. The lowest BCUT2D eigenvalue weighted by atomic mass is 9.87. The molecule has 0 aromatic carbocycles. The van der Waals surface area contributed by atoms with E-state index in [1.54, 1.807) is 4.88 Å². The molecular formula is C18H26N2OS. The van der Waals surface area contributed by atoms with Gasteiger partial charge in [-0.25, -0.2) is 4.98 Å². The number of ether oxygens (including phenoxy) is 1. The van der Waals surface area contributed by atoms with Crippen molar-refractivity contribution in [2.45, 2.75) is 64.0 Å². The van der Waals surface area contributed by atoms with Crippen LogP contribution in [-0.4, -0.2) is 35.2 Å². The molecule has 4 rings (SSSR count). The highest BCUT2D eigenvalue weighted by Crippen LogP contribution is 2.34. The van der Waals surface area contributed by atoms with Crippen LogP contribution in [-0.2, 0) is 24.1 Å². The van der Waals surface area contributed by atoms with Crippen molar-refractivity contribution in [2.75, 3.05) is 19.7 Å². The van der Waals surface area contributed by atoms with E-state index in [9.17, 15) is 0 Å². The quantitative estimate of drug-likeness (QED) is 0.777. The van der Waals surface area contributed by atoms with Crippen LogP contribution in [0.3, 0.4) is 0 Å². The zero-order chi connectivity index (χ0) is 15.0. The number of aryl methyl sites for hydroxylation is 2. The van der Waals surface area contributed by atoms with E-state index in [0.717, 1.165) is 45.5 Å². The molecule has 1 saturated heterocycles. The van der Waals surface area contributed by atoms with Gasteiger partial charge in [-0.3, -0.25) is 4.90 Å². The van der Waals surface area contributed by atoms with Gasteiger partial charge in [0.25, 0.3) is 0 Å². The van der Waals surface area contributed by atoms with Gasteiger partial charge >= 0.3 is 0 Å². The third kappa shape index (κ3) is 3.01. The summed E-state index contributed by atoms with van der Waals surface area (Å²) >= 11 is 1.96. The lowest BCUT2D eigenvalue weighted by molar-refractivity contribution is -0.0577. The Morgan fingerprint density at radius 1 is 1.23 bits per heavy atom. The molecule has 22 heavy (non-hydrogen) atoms. The Morgan fingerprint density at radius 2 is 2.05 bits per heavy atom. The molecule has 1 aliphatic carbocycles. The molecule has 1 aromatic rings. The van der Waals surface area contributed by atoms with Crippen LogP contribution in [0.4, 0.5) is 0 Å². The van der Waals surface area contributed by atoms with Crippen molar-refractivity contribution in [3.8, 4) is 0 Å². The maximum absolute atomic E-state index is 6.13. The molecular weight excluding hydrogens is 292 g/mol. The van der Waals surface area contributed by atoms with Crippen LogP contribution in [0.5, 0.6) is 0 Å². The molecule has 3 nitrogen and oxygen atoms in total. The first-order chi connectivity index (χ1) is 10.7. The van der Waals surface area contributed by atoms with Crippen molar-refractivity contribution in [1.29, 1.82) is 0 Å². The number of piperidine rings is 1. The Morgan fingerprint density at radius 3 is 2.82 bits per heavy atom. The molecule has 120 valence electrons. The van der Waals surface area contributed by atoms with Gasteiger partial charge in [-0.05, 0) is 51.9 Å². The molecule has 2 aliphatic heterocycles. The number of hydrogen-bond acceptors (Lipinski definition) is 4. The number of fused-ring (bicyclic) bond motifs is 1. The van der Waals surface area contributed by atoms with Crippen LogP contribution < -0.4 is 0 Å². The van der Waals surface area contributed by atoms with Gasteiger partial charge < -0.3 is 4.74 Å². The minimum absolute atomic E-state index is 0.0426. The molecule has 0 radical (unpaired) electrons. The summed E-state index contributed by atoms with van der Waals surface area (Å²) < 4.78 is 6.13. The molecule has 1 fully saturated rings. The summed E-state index contributed by atoms with van der Waals surface area (Å²) in [7, 11) is 0. The highest BCUT2D eigenvalue weighted by molar-refractivity contribution is 7.11. The van der Waals surface area contributed by atoms with Crippen LogP contribution in [0.1, 0.15) is 54.6 Å². The summed E-state index contributed by atoms with van der Waals surface area (Å²) in [5.41, 5.74) is 2.95. The average molecular weight is 318 g/mol. The van der Waals surface area contributed by atoms with Crippen molar-refractivity contribution in [3.63, 3.8) is 0 Å². The first kappa shape index (κ1) is 14.9. The van der Waals surface area contributed by atoms with Gasteiger partial charge in [0, 0.05) is 18.0 Å². The van der Waals surface area contributed by atoms with Gasteiger partial charge in [0.05, 0.1) is 24.4 Å². The normalized spacial score (nSPS) is 25.0. The van der Waals surface area contributed by atoms with Gasteiger partial charge in [-0.15, -0.1) is 11.3 Å². The predicted molar refractivity (Wildman–Crippen MR) is 90.3 cm³/mol. The van der Waals surface area contributed by atoms with Crippen molar-refractivity contribution in [2.24, 2.45) is 0 Å². The highest BCUT2D eigenvalue weighted by atomic mass is 32.1. The predicted octanol–water partition coefficient (Wildman–Crippen LogP) is 3.72. The molecule has 0 amide bonds. The second-order valence-corrected chi connectivity index (χ2v) is 8.28. The molecule has 3 aliphatic rings. The van der Waals surface area contributed by atoms with E-state index in [0.29, 0.717) is 0 Å². The standard InChI is InChI=1S/C18H26N2OS/c1-14-6-11-21-18(12-14)7-9-20(10-8-18)13-17-19-15-4-2-3-5-16(15)22-17/h12H,2-11,13H2,1H3. The fourth-order valence-electron chi connectivity index (χ4n) is 4.02. The summed E-state index contributed by atoms with van der Waals surface area (Å²) in [6, 6.07) is 0. The molecule has 0 bridgehead atoms. The van der Waals surface area contributed by atoms with E-state index in [1.807, 2.05) is 11.3 Å². The highest BCUT2D eigenvalue weighted by Gasteiger charge is 2.35. The van der Waals surface area contributed by atoms with Gasteiger partial charge in [-0.2, -0.15) is 0 Å². The minimum atomic E-state index is 0.0426. The van der Waals surface area contributed by atoms with E-state index in [2.05, 4.69) is 17.9 Å². The number of likely N-dealkylation sites (tertiary alicyclic amines) is 1. The summed E-state index contributed by atoms with van der Waals surface area (Å²) in [5.74, 6) is 0. The van der Waals surface area contributed by atoms with E-state index in [1.165, 1.54) is 42.0 Å². The van der Waals surface area contributed by atoms with Crippen LogP contribution in [0, 0.1) is 0 Å². The summed E-state index contributed by atoms with van der Waals surface area (Å²) in [5, 5.41) is 1.33. The maximum Gasteiger partial charge on any atom is 0.107 e. The second kappa shape index (κ2) is 6.06. The van der Waals surface area contributed by atoms with Gasteiger partial charge in [0.2, 0.25) is 0 Å². The van der Waals surface area contributed by atoms with Crippen molar-refractivity contribution < 1.29 is 4.74 Å². The molecule has 0 saturated carbocycles. The molecule has 1 aromatic heterocycles. The van der Waals surface area contributed by atoms with E-state index < -0.39 is 0 Å².